The number of β-amino-alcohol motifs (C(OH)–C–C–N with tert-alkyl or cyclic N) is 1. The molecule has 0 aliphatic carbocycles. The Labute approximate surface area is 187 Å². The van der Waals surface area contributed by atoms with Gasteiger partial charge in [-0.25, -0.2) is 0 Å². The fraction of sp³-hybridized carbons (Fsp3) is 0.478. The molecule has 0 amide bonds. The van der Waals surface area contributed by atoms with Gasteiger partial charge in [0.15, 0.2) is 0 Å². The van der Waals surface area contributed by atoms with Crippen molar-refractivity contribution in [3.8, 4) is 5.75 Å². The minimum atomic E-state index is -0.478. The average molecular weight is 439 g/mol. The molecule has 0 spiro atoms. The first-order chi connectivity index (χ1) is 13.0. The van der Waals surface area contributed by atoms with Crippen molar-refractivity contribution in [2.24, 2.45) is 0 Å². The molecule has 0 aromatic heterocycles. The topological polar surface area (TPSA) is 35.9 Å². The van der Waals surface area contributed by atoms with E-state index in [4.69, 9.17) is 4.74 Å². The maximum absolute atomic E-state index is 10.5. The van der Waals surface area contributed by atoms with E-state index in [2.05, 4.69) is 79.1 Å². The van der Waals surface area contributed by atoms with E-state index in [0.29, 0.717) is 19.1 Å². The molecule has 1 N–H and O–H groups in total. The first-order valence-corrected chi connectivity index (χ1v) is 9.96. The number of aliphatic hydroxyl groups is 1. The Morgan fingerprint density at radius 2 is 1.62 bits per heavy atom. The highest BCUT2D eigenvalue weighted by molar-refractivity contribution is 5.46. The summed E-state index contributed by atoms with van der Waals surface area (Å²) in [5, 5.41) is 10.5. The maximum atomic E-state index is 10.5. The van der Waals surface area contributed by atoms with E-state index in [1.807, 2.05) is 0 Å². The minimum Gasteiger partial charge on any atom is -1.00 e. The number of para-hydroxylation sites is 1. The van der Waals surface area contributed by atoms with Gasteiger partial charge in [-0.3, -0.25) is 4.90 Å². The second kappa shape index (κ2) is 12.3. The maximum Gasteiger partial charge on any atom is 0.123 e. The van der Waals surface area contributed by atoms with Crippen LogP contribution in [-0.4, -0.2) is 55.4 Å². The van der Waals surface area contributed by atoms with Crippen LogP contribution in [0.15, 0.2) is 48.5 Å². The van der Waals surface area contributed by atoms with Crippen LogP contribution in [0.1, 0.15) is 30.9 Å². The largest absolute Gasteiger partial charge is 1.00 e. The van der Waals surface area contributed by atoms with E-state index in [9.17, 15) is 5.11 Å². The summed E-state index contributed by atoms with van der Waals surface area (Å²) in [5.41, 5.74) is 3.66. The van der Waals surface area contributed by atoms with Crippen LogP contribution in [-0.2, 0) is 0 Å². The highest BCUT2D eigenvalue weighted by atomic mass is 35.5. The molecule has 1 saturated heterocycles. The van der Waals surface area contributed by atoms with Crippen molar-refractivity contribution in [1.29, 1.82) is 0 Å². The first kappa shape index (κ1) is 25.6. The Balaban J connectivity index is 0.00000210. The van der Waals surface area contributed by atoms with E-state index >= 15 is 0 Å². The third-order valence-corrected chi connectivity index (χ3v) is 5.18. The van der Waals surface area contributed by atoms with Crippen molar-refractivity contribution in [1.82, 2.24) is 4.90 Å². The van der Waals surface area contributed by atoms with Crippen LogP contribution in [0.4, 0.5) is 5.69 Å². The zero-order valence-corrected chi connectivity index (χ0v) is 19.0. The number of hydrogen-bond donors (Lipinski definition) is 1. The normalized spacial score (nSPS) is 15.4. The molecule has 1 atom stereocenters. The van der Waals surface area contributed by atoms with Crippen molar-refractivity contribution < 1.29 is 34.7 Å². The second-order valence-electron chi connectivity index (χ2n) is 7.78. The lowest BCUT2D eigenvalue weighted by Crippen LogP contribution is -3.00. The number of hydrogen-bond acceptors (Lipinski definition) is 4. The van der Waals surface area contributed by atoms with E-state index in [0.717, 1.165) is 31.9 Å². The van der Waals surface area contributed by atoms with Crippen LogP contribution < -0.4 is 34.5 Å². The molecule has 1 aliphatic heterocycles. The van der Waals surface area contributed by atoms with Crippen molar-refractivity contribution in [2.45, 2.75) is 32.8 Å². The number of rotatable bonds is 7. The summed E-state index contributed by atoms with van der Waals surface area (Å²) in [7, 11) is 0. The number of aliphatic hydroxyl groups excluding tert-OH is 1. The molecule has 1 fully saturated rings. The molecule has 0 saturated carbocycles. The molecule has 3 rings (SSSR count). The van der Waals surface area contributed by atoms with Crippen LogP contribution >= 0.6 is 0 Å². The second-order valence-corrected chi connectivity index (χ2v) is 7.78. The van der Waals surface area contributed by atoms with Gasteiger partial charge >= 0.3 is 0 Å². The van der Waals surface area contributed by atoms with E-state index in [1.54, 1.807) is 0 Å². The summed E-state index contributed by atoms with van der Waals surface area (Å²) in [6.07, 6.45) is -0.478. The van der Waals surface area contributed by atoms with Crippen molar-refractivity contribution in [3.05, 3.63) is 59.7 Å². The van der Waals surface area contributed by atoms with Gasteiger partial charge in [0.1, 0.15) is 18.5 Å². The highest BCUT2D eigenvalue weighted by Gasteiger charge is 2.20. The fourth-order valence-corrected chi connectivity index (χ4v) is 3.61. The first-order valence-electron chi connectivity index (χ1n) is 9.96. The molecule has 6 heteroatoms. The summed E-state index contributed by atoms with van der Waals surface area (Å²) in [6.45, 7) is 11.3. The van der Waals surface area contributed by atoms with Crippen LogP contribution in [0.5, 0.6) is 5.75 Å². The lowest BCUT2D eigenvalue weighted by molar-refractivity contribution is -0.00100. The van der Waals surface area contributed by atoms with Crippen molar-refractivity contribution in [2.75, 3.05) is 44.2 Å². The number of halogens is 2. The summed E-state index contributed by atoms with van der Waals surface area (Å²) in [4.78, 5) is 4.73. The van der Waals surface area contributed by atoms with Gasteiger partial charge in [0.25, 0.3) is 0 Å². The summed E-state index contributed by atoms with van der Waals surface area (Å²) >= 11 is 0. The molecule has 29 heavy (non-hydrogen) atoms. The van der Waals surface area contributed by atoms with Crippen molar-refractivity contribution >= 4 is 5.69 Å². The third-order valence-electron chi connectivity index (χ3n) is 5.18. The van der Waals surface area contributed by atoms with Crippen LogP contribution in [0.25, 0.3) is 0 Å². The predicted molar refractivity (Wildman–Crippen MR) is 112 cm³/mol. The molecular weight excluding hydrogens is 407 g/mol. The molecule has 2 aromatic rings. The minimum absolute atomic E-state index is 0. The Hall–Kier alpha value is -1.46. The van der Waals surface area contributed by atoms with Gasteiger partial charge < -0.3 is 39.6 Å². The Kier molecular flexibility index (Phi) is 10.8. The number of nitrogens with zero attached hydrogens (tertiary/aromatic N) is 2. The third kappa shape index (κ3) is 7.38. The van der Waals surface area contributed by atoms with Gasteiger partial charge in [-0.1, -0.05) is 44.2 Å². The molecule has 162 valence electrons. The number of aryl methyl sites for hydroxylation is 1. The summed E-state index contributed by atoms with van der Waals surface area (Å²) < 4.78 is 5.99. The zero-order valence-electron chi connectivity index (χ0n) is 17.5. The monoisotopic (exact) mass is 438 g/mol. The van der Waals surface area contributed by atoms with Gasteiger partial charge in [0.05, 0.1) is 0 Å². The number of benzene rings is 2. The Bertz CT molecular complexity index is 720. The predicted octanol–water partition coefficient (Wildman–Crippen LogP) is -2.31. The fourth-order valence-electron chi connectivity index (χ4n) is 3.61. The van der Waals surface area contributed by atoms with E-state index < -0.39 is 6.10 Å². The van der Waals surface area contributed by atoms with Crippen LogP contribution in [0.2, 0.25) is 0 Å². The Morgan fingerprint density at radius 1 is 0.966 bits per heavy atom. The molecule has 1 unspecified atom stereocenters. The van der Waals surface area contributed by atoms with Gasteiger partial charge in [-0.15, -0.1) is 0 Å². The number of anilines is 1. The van der Waals surface area contributed by atoms with Crippen molar-refractivity contribution in [3.63, 3.8) is 0 Å². The molecular formula is C23H32Cl2N2O2-2. The molecule has 1 aliphatic rings. The zero-order chi connectivity index (χ0) is 19.2. The Morgan fingerprint density at radius 3 is 2.24 bits per heavy atom. The number of ether oxygens (including phenoxy) is 1. The SMILES string of the molecule is Cc1ccc(C(C)C)c(OCC(O)CN2CCN(c3ccccc3)CC2)c1.[Cl-].[Cl-]. The van der Waals surface area contributed by atoms with Gasteiger partial charge in [0.2, 0.25) is 0 Å². The standard InChI is InChI=1S/C23H32N2O2.2ClH/c1-18(2)22-10-9-19(3)15-23(22)27-17-21(26)16-24-11-13-25(14-12-24)20-7-5-4-6-8-20;;/h4-10,15,18,21,26H,11-14,16-17H2,1-3H3;2*1H/p-2. The van der Waals surface area contributed by atoms with Gasteiger partial charge in [-0.2, -0.15) is 0 Å². The quantitative estimate of drug-likeness (QED) is 0.526. The lowest BCUT2D eigenvalue weighted by Gasteiger charge is -2.36. The van der Waals surface area contributed by atoms with Gasteiger partial charge in [0, 0.05) is 38.4 Å². The van der Waals surface area contributed by atoms with E-state index in [-0.39, 0.29) is 24.8 Å². The number of piperazine rings is 1. The van der Waals surface area contributed by atoms with Crippen LogP contribution in [0.3, 0.4) is 0 Å². The van der Waals surface area contributed by atoms with Crippen LogP contribution in [0, 0.1) is 6.92 Å². The molecule has 4 nitrogen and oxygen atoms in total. The molecule has 0 radical (unpaired) electrons. The van der Waals surface area contributed by atoms with E-state index in [1.165, 1.54) is 16.8 Å². The lowest BCUT2D eigenvalue weighted by atomic mass is 10.0. The summed E-state index contributed by atoms with van der Waals surface area (Å²) in [5.74, 6) is 1.31. The van der Waals surface area contributed by atoms with Gasteiger partial charge in [-0.05, 0) is 42.2 Å². The molecule has 0 bridgehead atoms. The highest BCUT2D eigenvalue weighted by Crippen LogP contribution is 2.27. The molecule has 2 aromatic carbocycles. The smallest absolute Gasteiger partial charge is 0.123 e. The summed E-state index contributed by atoms with van der Waals surface area (Å²) in [6, 6.07) is 16.9. The molecule has 1 heterocycles. The average Bonchev–Trinajstić information content (AvgIpc) is 2.67.